The van der Waals surface area contributed by atoms with Crippen LogP contribution in [0.2, 0.25) is 10.0 Å². The summed E-state index contributed by atoms with van der Waals surface area (Å²) < 4.78 is 0. The number of carboxylic acid groups (broad SMARTS) is 1. The van der Waals surface area contributed by atoms with Crippen LogP contribution in [0.25, 0.3) is 0 Å². The fraction of sp³-hybridized carbons (Fsp3) is 0.364. The number of aliphatic carboxylic acids is 1. The second kappa shape index (κ2) is 6.38. The smallest absolute Gasteiger partial charge is 0.304 e. The molecule has 0 aliphatic rings. The van der Waals surface area contributed by atoms with E-state index in [4.69, 9.17) is 28.3 Å². The average molecular weight is 279 g/mol. The normalized spacial score (nSPS) is 12.4. The van der Waals surface area contributed by atoms with Gasteiger partial charge in [-0.2, -0.15) is 11.8 Å². The third-order valence-electron chi connectivity index (χ3n) is 1.98. The van der Waals surface area contributed by atoms with Gasteiger partial charge >= 0.3 is 5.97 Å². The van der Waals surface area contributed by atoms with Crippen LogP contribution in [0.3, 0.4) is 0 Å². The maximum absolute atomic E-state index is 10.5. The van der Waals surface area contributed by atoms with Gasteiger partial charge in [-0.25, -0.2) is 0 Å². The molecule has 0 spiro atoms. The zero-order valence-electron chi connectivity index (χ0n) is 8.74. The van der Waals surface area contributed by atoms with E-state index < -0.39 is 5.97 Å². The SMILES string of the molecule is CC(CC(=O)O)SCc1ccc(Cl)c(Cl)c1. The number of halogens is 2. The minimum Gasteiger partial charge on any atom is -0.481 e. The fourth-order valence-electron chi connectivity index (χ4n) is 1.17. The number of carboxylic acids is 1. The minimum atomic E-state index is -0.769. The molecule has 88 valence electrons. The molecular weight excluding hydrogens is 267 g/mol. The Balaban J connectivity index is 2.48. The molecule has 0 aliphatic heterocycles. The van der Waals surface area contributed by atoms with Gasteiger partial charge in [0, 0.05) is 11.0 Å². The van der Waals surface area contributed by atoms with Crippen LogP contribution in [-0.4, -0.2) is 16.3 Å². The molecule has 0 saturated heterocycles. The molecule has 16 heavy (non-hydrogen) atoms. The predicted molar refractivity (Wildman–Crippen MR) is 69.5 cm³/mol. The van der Waals surface area contributed by atoms with Gasteiger partial charge in [0.25, 0.3) is 0 Å². The van der Waals surface area contributed by atoms with Gasteiger partial charge in [-0.3, -0.25) is 4.79 Å². The van der Waals surface area contributed by atoms with Crippen LogP contribution < -0.4 is 0 Å². The zero-order chi connectivity index (χ0) is 12.1. The van der Waals surface area contributed by atoms with E-state index in [0.717, 1.165) is 11.3 Å². The lowest BCUT2D eigenvalue weighted by atomic mass is 10.2. The molecule has 0 bridgehead atoms. The van der Waals surface area contributed by atoms with Crippen LogP contribution >= 0.6 is 35.0 Å². The Hall–Kier alpha value is -0.380. The lowest BCUT2D eigenvalue weighted by Gasteiger charge is -2.08. The van der Waals surface area contributed by atoms with Gasteiger partial charge in [0.1, 0.15) is 0 Å². The monoisotopic (exact) mass is 278 g/mol. The van der Waals surface area contributed by atoms with Gasteiger partial charge in [0.05, 0.1) is 16.5 Å². The van der Waals surface area contributed by atoms with Gasteiger partial charge in [0.15, 0.2) is 0 Å². The third kappa shape index (κ3) is 4.64. The number of thioether (sulfide) groups is 1. The zero-order valence-corrected chi connectivity index (χ0v) is 11.1. The molecule has 0 aromatic heterocycles. The van der Waals surface area contributed by atoms with E-state index in [1.807, 2.05) is 19.1 Å². The van der Waals surface area contributed by atoms with E-state index in [-0.39, 0.29) is 11.7 Å². The van der Waals surface area contributed by atoms with Gasteiger partial charge < -0.3 is 5.11 Å². The van der Waals surface area contributed by atoms with E-state index >= 15 is 0 Å². The molecule has 2 nitrogen and oxygen atoms in total. The van der Waals surface area contributed by atoms with Gasteiger partial charge in [-0.15, -0.1) is 0 Å². The van der Waals surface area contributed by atoms with Gasteiger partial charge in [0.2, 0.25) is 0 Å². The molecule has 0 radical (unpaired) electrons. The van der Waals surface area contributed by atoms with E-state index in [1.54, 1.807) is 17.8 Å². The molecule has 1 aromatic carbocycles. The second-order valence-corrected chi connectivity index (χ2v) is 5.71. The largest absolute Gasteiger partial charge is 0.481 e. The standard InChI is InChI=1S/C11H12Cl2O2S/c1-7(4-11(14)15)16-6-8-2-3-9(12)10(13)5-8/h2-3,5,7H,4,6H2,1H3,(H,14,15). The van der Waals surface area contributed by atoms with Crippen molar-refractivity contribution < 1.29 is 9.90 Å². The molecule has 0 saturated carbocycles. The van der Waals surface area contributed by atoms with Crippen molar-refractivity contribution in [2.45, 2.75) is 24.3 Å². The van der Waals surface area contributed by atoms with Crippen molar-refractivity contribution in [3.63, 3.8) is 0 Å². The van der Waals surface area contributed by atoms with Crippen molar-refractivity contribution in [2.75, 3.05) is 0 Å². The summed E-state index contributed by atoms with van der Waals surface area (Å²) in [5.74, 6) is -0.0279. The molecule has 0 amide bonds. The van der Waals surface area contributed by atoms with Crippen molar-refractivity contribution in [3.8, 4) is 0 Å². The maximum Gasteiger partial charge on any atom is 0.304 e. The maximum atomic E-state index is 10.5. The van der Waals surface area contributed by atoms with Gasteiger partial charge in [-0.05, 0) is 17.7 Å². The highest BCUT2D eigenvalue weighted by Crippen LogP contribution is 2.26. The Morgan fingerprint density at radius 3 is 2.69 bits per heavy atom. The molecule has 0 fully saturated rings. The predicted octanol–water partition coefficient (Wildman–Crippen LogP) is 4.09. The minimum absolute atomic E-state index is 0.0898. The second-order valence-electron chi connectivity index (χ2n) is 3.47. The molecule has 0 aliphatic carbocycles. The number of benzene rings is 1. The van der Waals surface area contributed by atoms with Gasteiger partial charge in [-0.1, -0.05) is 36.2 Å². The fourth-order valence-corrected chi connectivity index (χ4v) is 2.41. The first-order valence-electron chi connectivity index (χ1n) is 4.76. The summed E-state index contributed by atoms with van der Waals surface area (Å²) >= 11 is 13.3. The van der Waals surface area contributed by atoms with Crippen LogP contribution in [0.5, 0.6) is 0 Å². The van der Waals surface area contributed by atoms with Crippen LogP contribution in [0.4, 0.5) is 0 Å². The Morgan fingerprint density at radius 1 is 1.44 bits per heavy atom. The number of hydrogen-bond donors (Lipinski definition) is 1. The molecule has 1 rings (SSSR count). The highest BCUT2D eigenvalue weighted by atomic mass is 35.5. The Morgan fingerprint density at radius 2 is 2.12 bits per heavy atom. The van der Waals surface area contributed by atoms with Crippen molar-refractivity contribution in [1.82, 2.24) is 0 Å². The van der Waals surface area contributed by atoms with Crippen molar-refractivity contribution in [3.05, 3.63) is 33.8 Å². The summed E-state index contributed by atoms with van der Waals surface area (Å²) in [6.45, 7) is 1.90. The van der Waals surface area contributed by atoms with Crippen LogP contribution in [-0.2, 0) is 10.5 Å². The van der Waals surface area contributed by atoms with Crippen LogP contribution in [0, 0.1) is 0 Å². The average Bonchev–Trinajstić information content (AvgIpc) is 2.19. The molecule has 1 atom stereocenters. The highest BCUT2D eigenvalue weighted by molar-refractivity contribution is 7.99. The lowest BCUT2D eigenvalue weighted by Crippen LogP contribution is -2.05. The first-order valence-corrected chi connectivity index (χ1v) is 6.57. The lowest BCUT2D eigenvalue weighted by molar-refractivity contribution is -0.136. The molecule has 1 N–H and O–H groups in total. The molecular formula is C11H12Cl2O2S. The Bertz CT molecular complexity index is 382. The van der Waals surface area contributed by atoms with E-state index in [2.05, 4.69) is 0 Å². The van der Waals surface area contributed by atoms with Crippen LogP contribution in [0.1, 0.15) is 18.9 Å². The number of hydrogen-bond acceptors (Lipinski definition) is 2. The topological polar surface area (TPSA) is 37.3 Å². The summed E-state index contributed by atoms with van der Waals surface area (Å²) in [5.41, 5.74) is 1.05. The third-order valence-corrected chi connectivity index (χ3v) is 3.96. The summed E-state index contributed by atoms with van der Waals surface area (Å²) in [4.78, 5) is 10.5. The van der Waals surface area contributed by atoms with Crippen molar-refractivity contribution in [1.29, 1.82) is 0 Å². The highest BCUT2D eigenvalue weighted by Gasteiger charge is 2.08. The first kappa shape index (κ1) is 13.7. The number of carbonyl (C=O) groups is 1. The summed E-state index contributed by atoms with van der Waals surface area (Å²) in [5, 5.41) is 9.77. The quantitative estimate of drug-likeness (QED) is 0.882. The van der Waals surface area contributed by atoms with Crippen molar-refractivity contribution in [2.24, 2.45) is 0 Å². The molecule has 1 aromatic rings. The molecule has 5 heteroatoms. The summed E-state index contributed by atoms with van der Waals surface area (Å²) in [7, 11) is 0. The van der Waals surface area contributed by atoms with E-state index in [0.29, 0.717) is 10.0 Å². The number of rotatable bonds is 5. The molecule has 1 unspecified atom stereocenters. The summed E-state index contributed by atoms with van der Waals surface area (Å²) in [6.07, 6.45) is 0.173. The summed E-state index contributed by atoms with van der Waals surface area (Å²) in [6, 6.07) is 5.46. The van der Waals surface area contributed by atoms with E-state index in [1.165, 1.54) is 0 Å². The molecule has 0 heterocycles. The Kier molecular flexibility index (Phi) is 5.46. The van der Waals surface area contributed by atoms with Crippen molar-refractivity contribution >= 4 is 40.9 Å². The van der Waals surface area contributed by atoms with E-state index in [9.17, 15) is 4.79 Å². The Labute approximate surface area is 109 Å². The first-order chi connectivity index (χ1) is 7.49. The van der Waals surface area contributed by atoms with Crippen LogP contribution in [0.15, 0.2) is 18.2 Å².